The van der Waals surface area contributed by atoms with Gasteiger partial charge in [-0.1, -0.05) is 60.7 Å². The zero-order valence-corrected chi connectivity index (χ0v) is 75.6. The molecule has 9 aromatic carbocycles. The second-order valence-electron chi connectivity index (χ2n) is 30.7. The van der Waals surface area contributed by atoms with E-state index in [-0.39, 0.29) is 116 Å². The number of benzene rings is 9. The zero-order valence-electron chi connectivity index (χ0n) is 75.6. The molecular formula is C99H78F15N9O22. The summed E-state index contributed by atoms with van der Waals surface area (Å²) >= 11 is 0. The second-order valence-corrected chi connectivity index (χ2v) is 30.7. The van der Waals surface area contributed by atoms with Crippen molar-refractivity contribution in [2.45, 2.75) is 69.8 Å². The highest BCUT2D eigenvalue weighted by Gasteiger charge is 2.39. The highest BCUT2D eigenvalue weighted by Crippen LogP contribution is 2.40. The summed E-state index contributed by atoms with van der Waals surface area (Å²) in [7, 11) is 5.11. The van der Waals surface area contributed by atoms with Gasteiger partial charge in [-0.2, -0.15) is 65.9 Å². The lowest BCUT2D eigenvalue weighted by Gasteiger charge is -2.21. The Balaban J connectivity index is 0.000000223. The van der Waals surface area contributed by atoms with E-state index in [1.165, 1.54) is 204 Å². The maximum absolute atomic E-state index is 13.5. The molecule has 0 atom stereocenters. The van der Waals surface area contributed by atoms with Crippen molar-refractivity contribution in [1.82, 2.24) is 29.7 Å². The van der Waals surface area contributed by atoms with Gasteiger partial charge < -0.3 is 79.1 Å². The van der Waals surface area contributed by atoms with E-state index >= 15 is 0 Å². The molecule has 0 bridgehead atoms. The SMILES string of the molecule is COc1ccc(CC(=O)Nc2ccc(C(=O)N(CC(=O)O)Cc3ccc(OC(=O)c4ccc(OC)nc4)cc3)cc2)c(C(F)(F)F)c1.COc1ccc(CC(=O)Nc2ccc(C(=O)N(CC(=O)O)Cc3ccc(OC(=O)c4cccc(C(F)(F)F)n4)cc3)cc2)c(C(F)(F)F)c1.COc1ccc(CC(=O)Nc2ccc(C(=O)N(CC(=O)O)Cc3ccc(OC(=O)c4ccnc(C(F)(F)F)c4)cc3)cc2)c(C(F)(F)F)c1. The van der Waals surface area contributed by atoms with Crippen LogP contribution in [0.4, 0.5) is 82.9 Å². The first-order chi connectivity index (χ1) is 68.4. The smallest absolute Gasteiger partial charge is 0.433 e. The molecule has 0 aliphatic heterocycles. The minimum Gasteiger partial charge on any atom is -0.497 e. The molecule has 0 unspecified atom stereocenters. The van der Waals surface area contributed by atoms with Crippen LogP contribution in [-0.4, -0.2) is 164 Å². The first-order valence-corrected chi connectivity index (χ1v) is 41.9. The molecule has 0 spiro atoms. The van der Waals surface area contributed by atoms with Crippen molar-refractivity contribution in [3.8, 4) is 40.4 Å². The summed E-state index contributed by atoms with van der Waals surface area (Å²) in [5.41, 5.74) is -5.03. The Hall–Kier alpha value is -17.8. The van der Waals surface area contributed by atoms with Crippen LogP contribution >= 0.6 is 0 Å². The van der Waals surface area contributed by atoms with Gasteiger partial charge in [0.2, 0.25) is 23.6 Å². The highest BCUT2D eigenvalue weighted by molar-refractivity contribution is 6.01. The molecule has 0 saturated heterocycles. The van der Waals surface area contributed by atoms with Crippen molar-refractivity contribution < 1.29 is 172 Å². The Morgan fingerprint density at radius 3 is 0.910 bits per heavy atom. The van der Waals surface area contributed by atoms with Gasteiger partial charge in [0.1, 0.15) is 71.2 Å². The predicted octanol–water partition coefficient (Wildman–Crippen LogP) is 17.8. The van der Waals surface area contributed by atoms with Crippen LogP contribution in [0.1, 0.15) is 124 Å². The van der Waals surface area contributed by atoms with Gasteiger partial charge in [-0.3, -0.25) is 48.1 Å². The third-order valence-corrected chi connectivity index (χ3v) is 20.2. The molecule has 0 saturated carbocycles. The van der Waals surface area contributed by atoms with Crippen LogP contribution in [0, 0.1) is 0 Å². The zero-order chi connectivity index (χ0) is 106. The van der Waals surface area contributed by atoms with E-state index in [4.69, 9.17) is 33.2 Å². The number of ether oxygens (including phenoxy) is 7. The number of aromatic nitrogens is 3. The lowest BCUT2D eigenvalue weighted by atomic mass is 10.0. The fourth-order valence-corrected chi connectivity index (χ4v) is 13.3. The molecule has 0 aliphatic carbocycles. The summed E-state index contributed by atoms with van der Waals surface area (Å²) in [5.74, 6) is -10.6. The highest BCUT2D eigenvalue weighted by atomic mass is 19.4. The molecule has 46 heteroatoms. The van der Waals surface area contributed by atoms with Crippen molar-refractivity contribution in [3.05, 3.63) is 350 Å². The number of nitrogens with zero attached hydrogens (tertiary/aromatic N) is 6. The quantitative estimate of drug-likeness (QED) is 0.0124. The number of alkyl halides is 15. The number of esters is 3. The molecule has 6 N–H and O–H groups in total. The lowest BCUT2D eigenvalue weighted by molar-refractivity contribution is -0.142. The molecular weight excluding hydrogens is 1950 g/mol. The molecule has 0 radical (unpaired) electrons. The number of pyridine rings is 3. The van der Waals surface area contributed by atoms with Gasteiger partial charge in [-0.25, -0.2) is 24.4 Å². The van der Waals surface area contributed by atoms with Crippen LogP contribution in [0.15, 0.2) is 255 Å². The van der Waals surface area contributed by atoms with Crippen LogP contribution in [0.3, 0.4) is 0 Å². The molecule has 0 fully saturated rings. The largest absolute Gasteiger partial charge is 0.497 e. The second kappa shape index (κ2) is 48.4. The van der Waals surface area contributed by atoms with Gasteiger partial charge in [0, 0.05) is 71.8 Å². The van der Waals surface area contributed by atoms with Gasteiger partial charge in [0.15, 0.2) is 0 Å². The van der Waals surface area contributed by atoms with Gasteiger partial charge in [-0.05, 0) is 209 Å². The molecule has 6 amide bonds. The molecule has 3 aromatic heterocycles. The summed E-state index contributed by atoms with van der Waals surface area (Å²) in [6, 6.07) is 50.1. The molecule has 12 rings (SSSR count). The van der Waals surface area contributed by atoms with E-state index in [9.17, 15) is 139 Å². The molecule has 756 valence electrons. The molecule has 31 nitrogen and oxygen atoms in total. The number of carboxylic acids is 3. The molecule has 3 heterocycles. The average molecular weight is 2030 g/mol. The fraction of sp³-hybridized carbons (Fsp3) is 0.182. The van der Waals surface area contributed by atoms with Crippen LogP contribution in [0.25, 0.3) is 0 Å². The number of carboxylic acid groups (broad SMARTS) is 3. The van der Waals surface area contributed by atoms with Crippen molar-refractivity contribution >= 4 is 88.3 Å². The normalized spacial score (nSPS) is 11.2. The van der Waals surface area contributed by atoms with Crippen LogP contribution in [0.2, 0.25) is 0 Å². The van der Waals surface area contributed by atoms with E-state index in [0.29, 0.717) is 34.7 Å². The standard InChI is InChI=1S/2C33H25F6N3O7.C33H28F3N3O8/c1-48-25-11-6-21(26(16-25)32(34,35)36)15-28(43)41-23-7-4-20(5-8-23)30(46)42(18-29(44)45)17-19-2-9-24(10-3-19)49-31(47)22-12-13-40-27(14-22)33(37,38)39;1-48-24-14-9-21(25(16-24)32(34,35)36)15-28(43)40-22-10-7-20(8-11-22)30(46)42(18-29(44)45)17-19-5-12-23(13-6-19)49-31(47)26-3-2-4-27(41-26)33(37,38)39;1-45-26-13-7-22(27(16-26)33(34,35)36)15-28(40)38-24-9-5-21(6-10-24)31(43)39(19-30(41)42)18-20-3-11-25(12-4-20)47-32(44)23-8-14-29(46-2)37-17-23/h2-14,16H,15,17-18H2,1H3,(H,41,43)(H,44,45);2-14,16H,15,17-18H2,1H3,(H,40,43)(H,44,45);3-14,16-17H,15,18-19H2,1-2H3,(H,38,40)(H,41,42). The first kappa shape index (κ1) is 109. The number of amides is 6. The maximum atomic E-state index is 13.5. The lowest BCUT2D eigenvalue weighted by Crippen LogP contribution is -2.35. The summed E-state index contributed by atoms with van der Waals surface area (Å²) in [6.45, 7) is -2.55. The van der Waals surface area contributed by atoms with E-state index in [1.54, 1.807) is 12.1 Å². The van der Waals surface area contributed by atoms with Gasteiger partial charge in [0.25, 0.3) is 17.7 Å². The number of rotatable bonds is 34. The van der Waals surface area contributed by atoms with Gasteiger partial charge in [-0.15, -0.1) is 0 Å². The third kappa shape index (κ3) is 32.4. The monoisotopic (exact) mass is 2030 g/mol. The average Bonchev–Trinajstić information content (AvgIpc) is 0.743. The van der Waals surface area contributed by atoms with E-state index in [2.05, 4.69) is 30.9 Å². The van der Waals surface area contributed by atoms with Crippen LogP contribution in [-0.2, 0) is 98.5 Å². The fourth-order valence-electron chi connectivity index (χ4n) is 13.3. The Kier molecular flexibility index (Phi) is 36.5. The van der Waals surface area contributed by atoms with Gasteiger partial charge in [0.05, 0.1) is 75.5 Å². The van der Waals surface area contributed by atoms with Gasteiger partial charge >= 0.3 is 66.7 Å². The molecule has 145 heavy (non-hydrogen) atoms. The number of anilines is 3. The first-order valence-electron chi connectivity index (χ1n) is 41.9. The topological polar surface area (TPSA) is 415 Å². The van der Waals surface area contributed by atoms with Crippen LogP contribution in [0.5, 0.6) is 40.4 Å². The van der Waals surface area contributed by atoms with E-state index in [1.807, 2.05) is 0 Å². The predicted molar refractivity (Wildman–Crippen MR) is 481 cm³/mol. The molecule has 0 aliphatic rings. The number of carbonyl (C=O) groups is 12. The van der Waals surface area contributed by atoms with E-state index < -0.39 is 175 Å². The molecule has 12 aromatic rings. The van der Waals surface area contributed by atoms with Crippen molar-refractivity contribution in [2.75, 3.05) is 64.0 Å². The van der Waals surface area contributed by atoms with E-state index in [0.717, 1.165) is 69.4 Å². The minimum absolute atomic E-state index is 0.0000745. The van der Waals surface area contributed by atoms with Crippen molar-refractivity contribution in [3.63, 3.8) is 0 Å². The maximum Gasteiger partial charge on any atom is 0.433 e. The Labute approximate surface area is 810 Å². The number of nitrogens with one attached hydrogen (secondary N) is 3. The van der Waals surface area contributed by atoms with Crippen LogP contribution < -0.4 is 49.1 Å². The van der Waals surface area contributed by atoms with Crippen molar-refractivity contribution in [2.24, 2.45) is 0 Å². The summed E-state index contributed by atoms with van der Waals surface area (Å²) < 4.78 is 234. The Morgan fingerprint density at radius 2 is 0.621 bits per heavy atom. The Morgan fingerprint density at radius 1 is 0.310 bits per heavy atom. The summed E-state index contributed by atoms with van der Waals surface area (Å²) in [5, 5.41) is 35.6. The van der Waals surface area contributed by atoms with Crippen molar-refractivity contribution in [1.29, 1.82) is 0 Å². The number of carbonyl (C=O) groups excluding carboxylic acids is 9. The minimum atomic E-state index is -4.76. The number of methoxy groups -OCH3 is 4. The number of hydrogen-bond acceptors (Lipinski definition) is 22. The summed E-state index contributed by atoms with van der Waals surface area (Å²) in [6.07, 6.45) is -23.3. The number of halogens is 15. The summed E-state index contributed by atoms with van der Waals surface area (Å²) in [4.78, 5) is 162. The number of aliphatic carboxylic acids is 3. The Bertz CT molecular complexity index is 6430. The number of hydrogen-bond donors (Lipinski definition) is 6. The third-order valence-electron chi connectivity index (χ3n) is 20.2.